The van der Waals surface area contributed by atoms with E-state index < -0.39 is 11.9 Å². The zero-order valence-electron chi connectivity index (χ0n) is 9.26. The highest BCUT2D eigenvalue weighted by molar-refractivity contribution is 5.70. The molecule has 1 aromatic rings. The van der Waals surface area contributed by atoms with Crippen LogP contribution in [0.2, 0.25) is 0 Å². The summed E-state index contributed by atoms with van der Waals surface area (Å²) in [7, 11) is 1.55. The number of para-hydroxylation sites is 1. The predicted molar refractivity (Wildman–Crippen MR) is 59.6 cm³/mol. The zero-order chi connectivity index (χ0) is 11.8. The molecule has 0 spiro atoms. The van der Waals surface area contributed by atoms with Crippen LogP contribution in [0.1, 0.15) is 6.42 Å². The lowest BCUT2D eigenvalue weighted by molar-refractivity contribution is -0.143. The van der Waals surface area contributed by atoms with Crippen LogP contribution < -0.4 is 4.74 Å². The highest BCUT2D eigenvalue weighted by Crippen LogP contribution is 2.12. The van der Waals surface area contributed by atoms with Crippen LogP contribution in [0.5, 0.6) is 5.75 Å². The van der Waals surface area contributed by atoms with E-state index in [1.807, 2.05) is 18.2 Å². The monoisotopic (exact) mass is 224 g/mol. The standard InChI is InChI=1S/C12H16O4/c1-15-8-7-10(12(13)14)9-16-11-5-3-2-4-6-11/h2-6,10H,7-9H2,1H3,(H,13,14). The molecule has 0 aliphatic carbocycles. The largest absolute Gasteiger partial charge is 0.493 e. The molecule has 0 aliphatic heterocycles. The van der Waals surface area contributed by atoms with Crippen molar-refractivity contribution in [1.82, 2.24) is 0 Å². The number of carbonyl (C=O) groups is 1. The first kappa shape index (κ1) is 12.5. The molecule has 1 rings (SSSR count). The topological polar surface area (TPSA) is 55.8 Å². The number of ether oxygens (including phenoxy) is 2. The van der Waals surface area contributed by atoms with Crippen molar-refractivity contribution in [1.29, 1.82) is 0 Å². The summed E-state index contributed by atoms with van der Waals surface area (Å²) >= 11 is 0. The maximum atomic E-state index is 10.9. The van der Waals surface area contributed by atoms with E-state index in [4.69, 9.17) is 14.6 Å². The Kier molecular flexibility index (Phi) is 5.36. The summed E-state index contributed by atoms with van der Waals surface area (Å²) in [5.74, 6) is -0.695. The van der Waals surface area contributed by atoms with Crippen molar-refractivity contribution < 1.29 is 19.4 Å². The molecule has 1 aromatic carbocycles. The minimum absolute atomic E-state index is 0.169. The molecule has 0 aromatic heterocycles. The van der Waals surface area contributed by atoms with Gasteiger partial charge in [0.05, 0.1) is 5.92 Å². The van der Waals surface area contributed by atoms with Crippen molar-refractivity contribution in [3.05, 3.63) is 30.3 Å². The average molecular weight is 224 g/mol. The Morgan fingerprint density at radius 1 is 1.38 bits per heavy atom. The second kappa shape index (κ2) is 6.85. The summed E-state index contributed by atoms with van der Waals surface area (Å²) in [5, 5.41) is 8.94. The minimum atomic E-state index is -0.854. The number of carboxylic acids is 1. The van der Waals surface area contributed by atoms with Crippen LogP contribution in [0.15, 0.2) is 30.3 Å². The van der Waals surface area contributed by atoms with Crippen LogP contribution >= 0.6 is 0 Å². The van der Waals surface area contributed by atoms with Gasteiger partial charge in [0.1, 0.15) is 12.4 Å². The average Bonchev–Trinajstić information content (AvgIpc) is 2.30. The van der Waals surface area contributed by atoms with Gasteiger partial charge in [-0.05, 0) is 18.6 Å². The molecule has 0 heterocycles. The smallest absolute Gasteiger partial charge is 0.310 e. The molecule has 0 fully saturated rings. The van der Waals surface area contributed by atoms with E-state index in [1.54, 1.807) is 19.2 Å². The molecule has 1 N–H and O–H groups in total. The Labute approximate surface area is 94.8 Å². The van der Waals surface area contributed by atoms with Crippen LogP contribution in [0, 0.1) is 5.92 Å². The van der Waals surface area contributed by atoms with Gasteiger partial charge in [0.25, 0.3) is 0 Å². The highest BCUT2D eigenvalue weighted by Gasteiger charge is 2.17. The summed E-state index contributed by atoms with van der Waals surface area (Å²) in [6.07, 6.45) is 0.457. The molecule has 0 aliphatic rings. The second-order valence-electron chi connectivity index (χ2n) is 3.44. The van der Waals surface area contributed by atoms with Gasteiger partial charge in [0.2, 0.25) is 0 Å². The molecular weight excluding hydrogens is 208 g/mol. The van der Waals surface area contributed by atoms with Gasteiger partial charge in [0.15, 0.2) is 0 Å². The van der Waals surface area contributed by atoms with Gasteiger partial charge in [-0.25, -0.2) is 0 Å². The fraction of sp³-hybridized carbons (Fsp3) is 0.417. The Balaban J connectivity index is 2.41. The molecule has 0 bridgehead atoms. The van der Waals surface area contributed by atoms with Crippen molar-refractivity contribution in [3.63, 3.8) is 0 Å². The lowest BCUT2D eigenvalue weighted by Gasteiger charge is -2.13. The number of hydrogen-bond donors (Lipinski definition) is 1. The fourth-order valence-corrected chi connectivity index (χ4v) is 1.25. The second-order valence-corrected chi connectivity index (χ2v) is 3.44. The van der Waals surface area contributed by atoms with Crippen molar-refractivity contribution in [2.24, 2.45) is 5.92 Å². The lowest BCUT2D eigenvalue weighted by atomic mass is 10.1. The van der Waals surface area contributed by atoms with Gasteiger partial charge in [-0.3, -0.25) is 4.79 Å². The first-order valence-electron chi connectivity index (χ1n) is 5.13. The van der Waals surface area contributed by atoms with E-state index in [0.717, 1.165) is 0 Å². The van der Waals surface area contributed by atoms with E-state index in [-0.39, 0.29) is 6.61 Å². The van der Waals surface area contributed by atoms with Crippen LogP contribution in [0.4, 0.5) is 0 Å². The zero-order valence-corrected chi connectivity index (χ0v) is 9.26. The molecule has 0 amide bonds. The van der Waals surface area contributed by atoms with Crippen molar-refractivity contribution in [3.8, 4) is 5.75 Å². The molecule has 1 atom stereocenters. The Morgan fingerprint density at radius 2 is 2.06 bits per heavy atom. The maximum absolute atomic E-state index is 10.9. The van der Waals surface area contributed by atoms with E-state index in [9.17, 15) is 4.79 Å². The maximum Gasteiger partial charge on any atom is 0.310 e. The van der Waals surface area contributed by atoms with Crippen LogP contribution in [0.3, 0.4) is 0 Å². The normalized spacial score (nSPS) is 12.1. The quantitative estimate of drug-likeness (QED) is 0.767. The SMILES string of the molecule is COCCC(COc1ccccc1)C(=O)O. The number of aliphatic carboxylic acids is 1. The van der Waals surface area contributed by atoms with Gasteiger partial charge in [-0.1, -0.05) is 18.2 Å². The first-order valence-corrected chi connectivity index (χ1v) is 5.13. The third kappa shape index (κ3) is 4.31. The Bertz CT molecular complexity index is 310. The van der Waals surface area contributed by atoms with Gasteiger partial charge in [0, 0.05) is 13.7 Å². The Morgan fingerprint density at radius 3 is 2.62 bits per heavy atom. The first-order chi connectivity index (χ1) is 7.74. The molecule has 4 nitrogen and oxygen atoms in total. The molecule has 0 radical (unpaired) electrons. The predicted octanol–water partition coefficient (Wildman–Crippen LogP) is 1.80. The van der Waals surface area contributed by atoms with Gasteiger partial charge in [-0.15, -0.1) is 0 Å². The number of methoxy groups -OCH3 is 1. The molecule has 0 saturated carbocycles. The number of benzene rings is 1. The van der Waals surface area contributed by atoms with E-state index in [1.165, 1.54) is 0 Å². The van der Waals surface area contributed by atoms with Gasteiger partial charge < -0.3 is 14.6 Å². The van der Waals surface area contributed by atoms with Crippen molar-refractivity contribution in [2.75, 3.05) is 20.3 Å². The fourth-order valence-electron chi connectivity index (χ4n) is 1.25. The molecule has 88 valence electrons. The van der Waals surface area contributed by atoms with E-state index in [2.05, 4.69) is 0 Å². The van der Waals surface area contributed by atoms with Crippen LogP contribution in [0.25, 0.3) is 0 Å². The molecule has 0 saturated heterocycles. The van der Waals surface area contributed by atoms with Crippen molar-refractivity contribution >= 4 is 5.97 Å². The summed E-state index contributed by atoms with van der Waals surface area (Å²) < 4.78 is 10.2. The number of rotatable bonds is 7. The van der Waals surface area contributed by atoms with E-state index in [0.29, 0.717) is 18.8 Å². The van der Waals surface area contributed by atoms with Crippen molar-refractivity contribution in [2.45, 2.75) is 6.42 Å². The molecule has 4 heteroatoms. The minimum Gasteiger partial charge on any atom is -0.493 e. The molecular formula is C12H16O4. The number of hydrogen-bond acceptors (Lipinski definition) is 3. The summed E-state index contributed by atoms with van der Waals surface area (Å²) in [6, 6.07) is 9.18. The summed E-state index contributed by atoms with van der Waals surface area (Å²) in [5.41, 5.74) is 0. The summed E-state index contributed by atoms with van der Waals surface area (Å²) in [6.45, 7) is 0.595. The van der Waals surface area contributed by atoms with Gasteiger partial charge in [-0.2, -0.15) is 0 Å². The third-order valence-corrected chi connectivity index (χ3v) is 2.21. The van der Waals surface area contributed by atoms with Crippen LogP contribution in [-0.2, 0) is 9.53 Å². The van der Waals surface area contributed by atoms with E-state index >= 15 is 0 Å². The molecule has 1 unspecified atom stereocenters. The Hall–Kier alpha value is -1.55. The number of carboxylic acid groups (broad SMARTS) is 1. The lowest BCUT2D eigenvalue weighted by Crippen LogP contribution is -2.22. The summed E-state index contributed by atoms with van der Waals surface area (Å²) in [4.78, 5) is 10.9. The van der Waals surface area contributed by atoms with Gasteiger partial charge >= 0.3 is 5.97 Å². The van der Waals surface area contributed by atoms with Crippen LogP contribution in [-0.4, -0.2) is 31.4 Å². The molecule has 16 heavy (non-hydrogen) atoms. The highest BCUT2D eigenvalue weighted by atomic mass is 16.5. The third-order valence-electron chi connectivity index (χ3n) is 2.21.